The van der Waals surface area contributed by atoms with Gasteiger partial charge in [0.1, 0.15) is 0 Å². The van der Waals surface area contributed by atoms with Crippen molar-refractivity contribution in [2.24, 2.45) is 0 Å². The van der Waals surface area contributed by atoms with E-state index in [0.717, 1.165) is 0 Å². The molecule has 0 aliphatic rings. The lowest BCUT2D eigenvalue weighted by atomic mass is 10.1. The van der Waals surface area contributed by atoms with Crippen LogP contribution in [0.2, 0.25) is 0 Å². The lowest BCUT2D eigenvalue weighted by Crippen LogP contribution is -2.24. The Bertz CT molecular complexity index is 577. The van der Waals surface area contributed by atoms with E-state index in [1.807, 2.05) is 0 Å². The third-order valence-electron chi connectivity index (χ3n) is 2.02. The molecule has 19 heavy (non-hydrogen) atoms. The van der Waals surface area contributed by atoms with Crippen molar-refractivity contribution in [3.63, 3.8) is 0 Å². The van der Waals surface area contributed by atoms with Gasteiger partial charge in [0.2, 0.25) is 0 Å². The van der Waals surface area contributed by atoms with Crippen molar-refractivity contribution in [1.82, 2.24) is 4.89 Å². The Morgan fingerprint density at radius 2 is 1.53 bits per heavy atom. The summed E-state index contributed by atoms with van der Waals surface area (Å²) in [5, 5.41) is 8.24. The number of alkyl halides is 6. The predicted molar refractivity (Wildman–Crippen MR) is 48.6 cm³/mol. The highest BCUT2D eigenvalue weighted by atomic mass is 32.2. The zero-order valence-electron chi connectivity index (χ0n) is 8.67. The topological polar surface area (TPSA) is 66.4 Å². The molecule has 0 amide bonds. The van der Waals surface area contributed by atoms with Gasteiger partial charge in [-0.2, -0.15) is 26.3 Å². The molecule has 0 fully saturated rings. The summed E-state index contributed by atoms with van der Waals surface area (Å²) in [6.45, 7) is 0. The lowest BCUT2D eigenvalue weighted by molar-refractivity contribution is -0.143. The van der Waals surface area contributed by atoms with Crippen LogP contribution in [0.25, 0.3) is 0 Å². The number of hydrogen-bond acceptors (Lipinski definition) is 3. The molecule has 0 spiro atoms. The maximum atomic E-state index is 12.5. The highest BCUT2D eigenvalue weighted by Gasteiger charge is 2.40. The minimum atomic E-state index is -5.19. The van der Waals surface area contributed by atoms with E-state index in [2.05, 4.69) is 0 Å². The summed E-state index contributed by atoms with van der Waals surface area (Å²) in [7, 11) is -5.11. The van der Waals surface area contributed by atoms with E-state index < -0.39 is 38.4 Å². The number of benzene rings is 1. The quantitative estimate of drug-likeness (QED) is 0.651. The molecule has 0 radical (unpaired) electrons. The molecule has 0 heterocycles. The van der Waals surface area contributed by atoms with Gasteiger partial charge in [-0.05, 0) is 18.2 Å². The van der Waals surface area contributed by atoms with Crippen LogP contribution in [-0.4, -0.2) is 13.6 Å². The summed E-state index contributed by atoms with van der Waals surface area (Å²) in [5.74, 6) is 0. The number of sulfonamides is 1. The molecule has 0 aromatic heterocycles. The predicted octanol–water partition coefficient (Wildman–Crippen LogP) is 2.39. The fraction of sp³-hybridized carbons (Fsp3) is 0.250. The van der Waals surface area contributed by atoms with Crippen LogP contribution < -0.4 is 4.89 Å². The molecule has 0 saturated heterocycles. The first-order valence-electron chi connectivity index (χ1n) is 4.34. The van der Waals surface area contributed by atoms with Crippen LogP contribution in [0, 0.1) is 0 Å². The van der Waals surface area contributed by atoms with Crippen molar-refractivity contribution in [2.45, 2.75) is 17.2 Å². The normalized spacial score (nSPS) is 13.6. The van der Waals surface area contributed by atoms with Crippen LogP contribution in [-0.2, 0) is 22.4 Å². The molecule has 1 rings (SSSR count). The molecule has 108 valence electrons. The maximum absolute atomic E-state index is 12.5. The minimum absolute atomic E-state index is 0.0208. The Morgan fingerprint density at radius 3 is 1.89 bits per heavy atom. The molecule has 4 nitrogen and oxygen atoms in total. The standard InChI is InChI=1S/C8H5F6NO3S/c9-7(10,11)4-1-2-5(8(12,13)14)6(3-4)19(17,18)15-16/h1-3,15-16H. The van der Waals surface area contributed by atoms with Crippen LogP contribution in [0.1, 0.15) is 11.1 Å². The Balaban J connectivity index is 3.63. The van der Waals surface area contributed by atoms with Gasteiger partial charge in [0.15, 0.2) is 0 Å². The van der Waals surface area contributed by atoms with E-state index in [0.29, 0.717) is 4.89 Å². The first-order chi connectivity index (χ1) is 8.39. The Kier molecular flexibility index (Phi) is 3.85. The molecular formula is C8H5F6NO3S. The second-order valence-electron chi connectivity index (χ2n) is 3.30. The van der Waals surface area contributed by atoms with Gasteiger partial charge in [0.05, 0.1) is 16.0 Å². The molecule has 0 aliphatic heterocycles. The monoisotopic (exact) mass is 309 g/mol. The first-order valence-corrected chi connectivity index (χ1v) is 5.82. The van der Waals surface area contributed by atoms with Gasteiger partial charge < -0.3 is 5.21 Å². The van der Waals surface area contributed by atoms with Crippen LogP contribution in [0.3, 0.4) is 0 Å². The van der Waals surface area contributed by atoms with Gasteiger partial charge in [0.25, 0.3) is 10.0 Å². The number of halogens is 6. The molecular weight excluding hydrogens is 304 g/mol. The molecule has 0 atom stereocenters. The molecule has 0 bridgehead atoms. The van der Waals surface area contributed by atoms with Gasteiger partial charge in [0, 0.05) is 0 Å². The third-order valence-corrected chi connectivity index (χ3v) is 3.18. The Morgan fingerprint density at radius 1 is 1.00 bits per heavy atom. The Labute approximate surface area is 102 Å². The number of hydrogen-bond donors (Lipinski definition) is 2. The second-order valence-corrected chi connectivity index (χ2v) is 4.93. The molecule has 0 saturated carbocycles. The second kappa shape index (κ2) is 4.65. The van der Waals surface area contributed by atoms with Gasteiger partial charge in [-0.15, -0.1) is 0 Å². The van der Waals surface area contributed by atoms with Gasteiger partial charge >= 0.3 is 12.4 Å². The van der Waals surface area contributed by atoms with Crippen molar-refractivity contribution in [2.75, 3.05) is 0 Å². The average Bonchev–Trinajstić information content (AvgIpc) is 2.26. The van der Waals surface area contributed by atoms with Crippen LogP contribution in [0.4, 0.5) is 26.3 Å². The van der Waals surface area contributed by atoms with E-state index >= 15 is 0 Å². The van der Waals surface area contributed by atoms with E-state index in [9.17, 15) is 34.8 Å². The summed E-state index contributed by atoms with van der Waals surface area (Å²) in [6, 6.07) is -0.131. The zero-order valence-corrected chi connectivity index (χ0v) is 9.49. The highest BCUT2D eigenvalue weighted by molar-refractivity contribution is 7.89. The summed E-state index contributed by atoms with van der Waals surface area (Å²) in [4.78, 5) is -1.16. The summed E-state index contributed by atoms with van der Waals surface area (Å²) >= 11 is 0. The smallest absolute Gasteiger partial charge is 0.302 e. The van der Waals surface area contributed by atoms with E-state index in [1.54, 1.807) is 0 Å². The summed E-state index contributed by atoms with van der Waals surface area (Å²) in [6.07, 6.45) is -10.2. The first kappa shape index (κ1) is 15.7. The van der Waals surface area contributed by atoms with Crippen LogP contribution in [0.5, 0.6) is 0 Å². The fourth-order valence-corrected chi connectivity index (χ4v) is 2.06. The highest BCUT2D eigenvalue weighted by Crippen LogP contribution is 2.38. The van der Waals surface area contributed by atoms with Crippen molar-refractivity contribution in [3.8, 4) is 0 Å². The lowest BCUT2D eigenvalue weighted by Gasteiger charge is -2.15. The SMILES string of the molecule is O=S(=O)(NO)c1cc(C(F)(F)F)ccc1C(F)(F)F. The van der Waals surface area contributed by atoms with E-state index in [4.69, 9.17) is 5.21 Å². The van der Waals surface area contributed by atoms with Crippen molar-refractivity contribution in [1.29, 1.82) is 0 Å². The molecule has 0 unspecified atom stereocenters. The average molecular weight is 309 g/mol. The molecule has 0 aliphatic carbocycles. The molecule has 1 aromatic rings. The minimum Gasteiger partial charge on any atom is -0.302 e. The zero-order chi connectivity index (χ0) is 15.1. The largest absolute Gasteiger partial charge is 0.417 e. The summed E-state index contributed by atoms with van der Waals surface area (Å²) in [5.41, 5.74) is -3.41. The van der Waals surface area contributed by atoms with Crippen molar-refractivity contribution < 1.29 is 40.0 Å². The van der Waals surface area contributed by atoms with Gasteiger partial charge in [-0.25, -0.2) is 8.42 Å². The number of nitrogens with one attached hydrogen (secondary N) is 1. The Hall–Kier alpha value is -1.33. The maximum Gasteiger partial charge on any atom is 0.417 e. The summed E-state index contributed by atoms with van der Waals surface area (Å²) < 4.78 is 96.7. The van der Waals surface area contributed by atoms with Crippen LogP contribution in [0.15, 0.2) is 23.1 Å². The van der Waals surface area contributed by atoms with Gasteiger partial charge in [-0.1, -0.05) is 4.89 Å². The fourth-order valence-electron chi connectivity index (χ4n) is 1.20. The van der Waals surface area contributed by atoms with E-state index in [1.165, 1.54) is 0 Å². The molecule has 11 heteroatoms. The molecule has 2 N–H and O–H groups in total. The van der Waals surface area contributed by atoms with Crippen molar-refractivity contribution >= 4 is 10.0 Å². The van der Waals surface area contributed by atoms with E-state index in [-0.39, 0.29) is 18.2 Å². The third kappa shape index (κ3) is 3.36. The van der Waals surface area contributed by atoms with Gasteiger partial charge in [-0.3, -0.25) is 0 Å². The van der Waals surface area contributed by atoms with Crippen molar-refractivity contribution in [3.05, 3.63) is 29.3 Å². The van der Waals surface area contributed by atoms with Crippen LogP contribution >= 0.6 is 0 Å². The molecule has 1 aromatic carbocycles. The number of rotatable bonds is 2.